The molecule has 2 atom stereocenters. The summed E-state index contributed by atoms with van der Waals surface area (Å²) in [7, 11) is 5.12. The highest BCUT2D eigenvalue weighted by molar-refractivity contribution is 14.0. The lowest BCUT2D eigenvalue weighted by Gasteiger charge is -2.21. The number of ether oxygens (including phenoxy) is 2. The minimum atomic E-state index is 0. The Morgan fingerprint density at radius 3 is 2.54 bits per heavy atom. The molecule has 0 spiro atoms. The van der Waals surface area contributed by atoms with E-state index in [0.717, 1.165) is 29.6 Å². The Kier molecular flexibility index (Phi) is 9.79. The van der Waals surface area contributed by atoms with Gasteiger partial charge in [0.1, 0.15) is 11.5 Å². The van der Waals surface area contributed by atoms with Crippen LogP contribution >= 0.6 is 35.3 Å². The molecule has 2 rings (SSSR count). The van der Waals surface area contributed by atoms with Crippen LogP contribution in [0.2, 0.25) is 0 Å². The Morgan fingerprint density at radius 1 is 1.19 bits per heavy atom. The zero-order chi connectivity index (χ0) is 18.2. The van der Waals surface area contributed by atoms with E-state index in [1.54, 1.807) is 32.6 Å². The van der Waals surface area contributed by atoms with Crippen LogP contribution in [0.15, 0.2) is 40.7 Å². The second kappa shape index (κ2) is 11.3. The molecular formula is C19H28IN3O2S. The Hall–Kier alpha value is -1.48. The summed E-state index contributed by atoms with van der Waals surface area (Å²) in [5.41, 5.74) is 1.02. The average molecular weight is 489 g/mol. The van der Waals surface area contributed by atoms with Crippen molar-refractivity contribution < 1.29 is 9.47 Å². The van der Waals surface area contributed by atoms with Crippen molar-refractivity contribution in [2.75, 3.05) is 27.8 Å². The normalized spacial score (nSPS) is 13.3. The Labute approximate surface area is 177 Å². The highest BCUT2D eigenvalue weighted by Crippen LogP contribution is 2.29. The fourth-order valence-corrected chi connectivity index (χ4v) is 3.36. The molecule has 0 amide bonds. The van der Waals surface area contributed by atoms with Crippen molar-refractivity contribution >= 4 is 41.3 Å². The van der Waals surface area contributed by atoms with Crippen LogP contribution in [0.4, 0.5) is 0 Å². The van der Waals surface area contributed by atoms with Crippen LogP contribution in [0, 0.1) is 0 Å². The molecule has 0 aliphatic rings. The first-order valence-electron chi connectivity index (χ1n) is 8.31. The van der Waals surface area contributed by atoms with Crippen molar-refractivity contribution in [1.82, 2.24) is 10.6 Å². The molecule has 1 aromatic heterocycles. The standard InChI is InChI=1S/C19H27N3O2S.HI/c1-13(18-7-6-10-25-18)12-21-19(20-3)22-14(2)16-11-15(23-4)8-9-17(16)24-5;/h6-11,13-14H,12H2,1-5H3,(H2,20,21,22);1H. The van der Waals surface area contributed by atoms with Gasteiger partial charge in [-0.15, -0.1) is 35.3 Å². The van der Waals surface area contributed by atoms with Gasteiger partial charge in [-0.25, -0.2) is 0 Å². The number of nitrogens with one attached hydrogen (secondary N) is 2. The van der Waals surface area contributed by atoms with Gasteiger partial charge in [0.15, 0.2) is 5.96 Å². The third kappa shape index (κ3) is 6.05. The number of benzene rings is 1. The minimum absolute atomic E-state index is 0. The van der Waals surface area contributed by atoms with Gasteiger partial charge in [-0.05, 0) is 36.6 Å². The molecule has 0 saturated carbocycles. The van der Waals surface area contributed by atoms with E-state index in [-0.39, 0.29) is 30.0 Å². The molecule has 144 valence electrons. The lowest BCUT2D eigenvalue weighted by atomic mass is 10.1. The highest BCUT2D eigenvalue weighted by Gasteiger charge is 2.15. The molecule has 0 saturated heterocycles. The summed E-state index contributed by atoms with van der Waals surface area (Å²) in [5, 5.41) is 8.92. The molecule has 2 unspecified atom stereocenters. The third-order valence-electron chi connectivity index (χ3n) is 4.08. The maximum Gasteiger partial charge on any atom is 0.191 e. The van der Waals surface area contributed by atoms with Gasteiger partial charge in [-0.2, -0.15) is 0 Å². The number of rotatable bonds is 7. The van der Waals surface area contributed by atoms with Crippen molar-refractivity contribution in [2.24, 2.45) is 4.99 Å². The molecule has 26 heavy (non-hydrogen) atoms. The fraction of sp³-hybridized carbons (Fsp3) is 0.421. The molecule has 0 bridgehead atoms. The van der Waals surface area contributed by atoms with Gasteiger partial charge in [-0.1, -0.05) is 13.0 Å². The summed E-state index contributed by atoms with van der Waals surface area (Å²) in [4.78, 5) is 5.70. The summed E-state index contributed by atoms with van der Waals surface area (Å²) < 4.78 is 10.8. The molecule has 0 fully saturated rings. The maximum atomic E-state index is 5.47. The molecule has 2 aromatic rings. The van der Waals surface area contributed by atoms with Crippen LogP contribution in [0.5, 0.6) is 11.5 Å². The second-order valence-electron chi connectivity index (χ2n) is 5.84. The molecule has 1 heterocycles. The third-order valence-corrected chi connectivity index (χ3v) is 5.19. The zero-order valence-corrected chi connectivity index (χ0v) is 19.1. The first-order valence-corrected chi connectivity index (χ1v) is 9.19. The van der Waals surface area contributed by atoms with Crippen LogP contribution < -0.4 is 20.1 Å². The van der Waals surface area contributed by atoms with Crippen molar-refractivity contribution in [2.45, 2.75) is 25.8 Å². The second-order valence-corrected chi connectivity index (χ2v) is 6.82. The predicted octanol–water partition coefficient (Wildman–Crippen LogP) is 4.41. The van der Waals surface area contributed by atoms with Crippen molar-refractivity contribution in [1.29, 1.82) is 0 Å². The number of halogens is 1. The van der Waals surface area contributed by atoms with Gasteiger partial charge >= 0.3 is 0 Å². The van der Waals surface area contributed by atoms with Gasteiger partial charge in [0.2, 0.25) is 0 Å². The first-order chi connectivity index (χ1) is 12.1. The Bertz CT molecular complexity index is 692. The largest absolute Gasteiger partial charge is 0.497 e. The Balaban J connectivity index is 0.00000338. The van der Waals surface area contributed by atoms with Crippen LogP contribution in [0.3, 0.4) is 0 Å². The number of guanidine groups is 1. The molecule has 2 N–H and O–H groups in total. The number of hydrogen-bond acceptors (Lipinski definition) is 4. The van der Waals surface area contributed by atoms with E-state index >= 15 is 0 Å². The monoisotopic (exact) mass is 489 g/mol. The van der Waals surface area contributed by atoms with Crippen molar-refractivity contribution in [3.05, 3.63) is 46.2 Å². The van der Waals surface area contributed by atoms with Crippen molar-refractivity contribution in [3.8, 4) is 11.5 Å². The van der Waals surface area contributed by atoms with E-state index in [1.807, 2.05) is 18.2 Å². The maximum absolute atomic E-state index is 5.47. The van der Waals surface area contributed by atoms with Gasteiger partial charge in [0, 0.05) is 30.0 Å². The summed E-state index contributed by atoms with van der Waals surface area (Å²) in [6.45, 7) is 5.11. The fourth-order valence-electron chi connectivity index (χ4n) is 2.58. The van der Waals surface area contributed by atoms with Gasteiger partial charge in [-0.3, -0.25) is 4.99 Å². The van der Waals surface area contributed by atoms with E-state index < -0.39 is 0 Å². The lowest BCUT2D eigenvalue weighted by Crippen LogP contribution is -2.40. The van der Waals surface area contributed by atoms with E-state index in [1.165, 1.54) is 4.88 Å². The number of nitrogens with zero attached hydrogens (tertiary/aromatic N) is 1. The van der Waals surface area contributed by atoms with Crippen LogP contribution in [-0.2, 0) is 0 Å². The minimum Gasteiger partial charge on any atom is -0.497 e. The smallest absolute Gasteiger partial charge is 0.191 e. The summed E-state index contributed by atoms with van der Waals surface area (Å²) >= 11 is 1.78. The topological polar surface area (TPSA) is 54.9 Å². The van der Waals surface area contributed by atoms with E-state index in [0.29, 0.717) is 5.92 Å². The van der Waals surface area contributed by atoms with Crippen LogP contribution in [-0.4, -0.2) is 33.8 Å². The molecule has 0 radical (unpaired) electrons. The van der Waals surface area contributed by atoms with Crippen molar-refractivity contribution in [3.63, 3.8) is 0 Å². The lowest BCUT2D eigenvalue weighted by molar-refractivity contribution is 0.394. The quantitative estimate of drug-likeness (QED) is 0.344. The summed E-state index contributed by atoms with van der Waals surface area (Å²) in [6.07, 6.45) is 0. The molecule has 1 aromatic carbocycles. The van der Waals surface area contributed by atoms with E-state index in [9.17, 15) is 0 Å². The zero-order valence-electron chi connectivity index (χ0n) is 15.9. The molecule has 0 aliphatic heterocycles. The van der Waals surface area contributed by atoms with Gasteiger partial charge < -0.3 is 20.1 Å². The molecule has 5 nitrogen and oxygen atoms in total. The average Bonchev–Trinajstić information content (AvgIpc) is 3.18. The van der Waals surface area contributed by atoms with E-state index in [2.05, 4.69) is 47.0 Å². The number of aliphatic imine (C=N–C) groups is 1. The molecular weight excluding hydrogens is 461 g/mol. The molecule has 0 aliphatic carbocycles. The Morgan fingerprint density at radius 2 is 1.96 bits per heavy atom. The number of thiophene rings is 1. The number of methoxy groups -OCH3 is 2. The van der Waals surface area contributed by atoms with E-state index in [4.69, 9.17) is 9.47 Å². The number of hydrogen-bond donors (Lipinski definition) is 2. The summed E-state index contributed by atoms with van der Waals surface area (Å²) in [5.74, 6) is 2.82. The SMILES string of the molecule is CN=C(NCC(C)c1cccs1)NC(C)c1cc(OC)ccc1OC.I. The van der Waals surface area contributed by atoms with Gasteiger partial charge in [0.05, 0.1) is 20.3 Å². The highest BCUT2D eigenvalue weighted by atomic mass is 127. The van der Waals surface area contributed by atoms with Gasteiger partial charge in [0.25, 0.3) is 0 Å². The predicted molar refractivity (Wildman–Crippen MR) is 121 cm³/mol. The van der Waals surface area contributed by atoms with Crippen LogP contribution in [0.1, 0.15) is 36.2 Å². The molecule has 7 heteroatoms. The summed E-state index contributed by atoms with van der Waals surface area (Å²) in [6, 6.07) is 10.1. The first kappa shape index (κ1) is 22.6. The van der Waals surface area contributed by atoms with Crippen LogP contribution in [0.25, 0.3) is 0 Å².